The predicted molar refractivity (Wildman–Crippen MR) is 55.3 cm³/mol. The molecular formula is C6H13N2OPS2. The summed E-state index contributed by atoms with van der Waals surface area (Å²) in [6.07, 6.45) is 0.653. The Morgan fingerprint density at radius 2 is 2.17 bits per heavy atom. The average Bonchev–Trinajstić information content (AvgIpc) is 2.52. The molecule has 1 rings (SSSR count). The number of hydrogen-bond donors (Lipinski definition) is 0. The summed E-state index contributed by atoms with van der Waals surface area (Å²) in [5.74, 6) is 0. The van der Waals surface area contributed by atoms with Crippen LogP contribution in [-0.2, 0) is 20.7 Å². The third-order valence-corrected chi connectivity index (χ3v) is 5.12. The Morgan fingerprint density at radius 1 is 1.50 bits per heavy atom. The molecule has 1 fully saturated rings. The van der Waals surface area contributed by atoms with Gasteiger partial charge in [-0.25, -0.2) is 0 Å². The van der Waals surface area contributed by atoms with Crippen molar-refractivity contribution in [3.8, 4) is 0 Å². The molecule has 1 unspecified atom stereocenters. The van der Waals surface area contributed by atoms with E-state index in [1.807, 2.05) is 0 Å². The molecule has 0 aliphatic carbocycles. The zero-order chi connectivity index (χ0) is 8.97. The van der Waals surface area contributed by atoms with E-state index in [9.17, 15) is 4.89 Å². The van der Waals surface area contributed by atoms with E-state index in [1.165, 1.54) is 0 Å². The fraction of sp³-hybridized carbons (Fsp3) is 1.00. The monoisotopic (exact) mass is 224 g/mol. The number of likely N-dealkylation sites (N-methyl/N-ethyl adjacent to an activating group) is 1. The molecule has 1 saturated heterocycles. The van der Waals surface area contributed by atoms with Gasteiger partial charge in [0.1, 0.15) is 16.4 Å². The minimum Gasteiger partial charge on any atom is -0.619 e. The number of nitrogens with zero attached hydrogens (tertiary/aromatic N) is 2. The third kappa shape index (κ3) is 3.17. The van der Waals surface area contributed by atoms with Gasteiger partial charge in [0.25, 0.3) is 0 Å². The molecule has 1 heterocycles. The maximum atomic E-state index is 11.1. The molecule has 12 heavy (non-hydrogen) atoms. The Balaban J connectivity index is 2.32. The SMILES string of the molecule is CCN1CCN(C[P+]([O-])=S=S)C1. The highest BCUT2D eigenvalue weighted by atomic mass is 32.9. The van der Waals surface area contributed by atoms with Crippen molar-refractivity contribution < 1.29 is 4.89 Å². The fourth-order valence-electron chi connectivity index (χ4n) is 1.27. The van der Waals surface area contributed by atoms with Crippen LogP contribution in [0.25, 0.3) is 0 Å². The van der Waals surface area contributed by atoms with E-state index in [2.05, 4.69) is 27.9 Å². The predicted octanol–water partition coefficient (Wildman–Crippen LogP) is -0.244. The topological polar surface area (TPSA) is 29.5 Å². The van der Waals surface area contributed by atoms with Gasteiger partial charge in [-0.3, -0.25) is 9.80 Å². The summed E-state index contributed by atoms with van der Waals surface area (Å²) in [6.45, 7) is 5.07. The summed E-state index contributed by atoms with van der Waals surface area (Å²) in [5.41, 5.74) is 0. The standard InChI is InChI=1S/C6H13N2OPS2/c1-2-7-3-4-8(5-7)6-10(9)12-11/h2-6H2,1H3. The lowest BCUT2D eigenvalue weighted by atomic mass is 10.6. The molecule has 1 atom stereocenters. The quantitative estimate of drug-likeness (QED) is 0.619. The van der Waals surface area contributed by atoms with E-state index in [-0.39, 0.29) is 0 Å². The molecule has 0 bridgehead atoms. The van der Waals surface area contributed by atoms with Gasteiger partial charge >= 0.3 is 0 Å². The van der Waals surface area contributed by atoms with Gasteiger partial charge in [0.05, 0.1) is 6.67 Å². The average molecular weight is 224 g/mol. The molecule has 3 nitrogen and oxygen atoms in total. The summed E-state index contributed by atoms with van der Waals surface area (Å²) in [7, 11) is 1.05. The Hall–Kier alpha value is 0.620. The zero-order valence-corrected chi connectivity index (χ0v) is 9.63. The van der Waals surface area contributed by atoms with Crippen molar-refractivity contribution in [1.82, 2.24) is 9.80 Å². The molecule has 0 saturated carbocycles. The van der Waals surface area contributed by atoms with E-state index in [0.717, 1.165) is 35.8 Å². The molecule has 0 aromatic rings. The van der Waals surface area contributed by atoms with Crippen molar-refractivity contribution in [3.05, 3.63) is 0 Å². The molecule has 1 aliphatic heterocycles. The first-order valence-electron chi connectivity index (χ1n) is 3.95. The van der Waals surface area contributed by atoms with E-state index in [4.69, 9.17) is 0 Å². The second-order valence-corrected chi connectivity index (χ2v) is 6.90. The normalized spacial score (nSPS) is 21.3. The Kier molecular flexibility index (Phi) is 4.79. The van der Waals surface area contributed by atoms with Crippen LogP contribution >= 0.6 is 6.92 Å². The maximum Gasteiger partial charge on any atom is 0.169 e. The van der Waals surface area contributed by atoms with Crippen molar-refractivity contribution in [2.24, 2.45) is 0 Å². The smallest absolute Gasteiger partial charge is 0.169 e. The van der Waals surface area contributed by atoms with Gasteiger partial charge in [-0.2, -0.15) is 0 Å². The van der Waals surface area contributed by atoms with Crippen LogP contribution in [0, 0.1) is 0 Å². The lowest BCUT2D eigenvalue weighted by molar-refractivity contribution is -0.153. The number of rotatable bonds is 3. The lowest BCUT2D eigenvalue weighted by Crippen LogP contribution is -2.25. The highest BCUT2D eigenvalue weighted by molar-refractivity contribution is 8.33. The second kappa shape index (κ2) is 5.37. The molecular weight excluding hydrogens is 211 g/mol. The molecule has 0 amide bonds. The van der Waals surface area contributed by atoms with Crippen LogP contribution in [0.2, 0.25) is 0 Å². The van der Waals surface area contributed by atoms with Gasteiger partial charge in [0.2, 0.25) is 0 Å². The highest BCUT2D eigenvalue weighted by Gasteiger charge is 2.20. The molecule has 0 aromatic carbocycles. The third-order valence-electron chi connectivity index (χ3n) is 1.98. The van der Waals surface area contributed by atoms with Crippen molar-refractivity contribution in [3.63, 3.8) is 0 Å². The van der Waals surface area contributed by atoms with Crippen LogP contribution < -0.4 is 4.89 Å². The van der Waals surface area contributed by atoms with Crippen molar-refractivity contribution >= 4 is 27.6 Å². The molecule has 1 aliphatic rings. The lowest BCUT2D eigenvalue weighted by Gasteiger charge is -2.13. The van der Waals surface area contributed by atoms with Crippen molar-refractivity contribution in [2.75, 3.05) is 32.6 Å². The summed E-state index contributed by atoms with van der Waals surface area (Å²) in [5, 5.41) is 0. The van der Waals surface area contributed by atoms with E-state index in [0.29, 0.717) is 6.29 Å². The van der Waals surface area contributed by atoms with Gasteiger partial charge in [0.15, 0.2) is 6.29 Å². The second-order valence-electron chi connectivity index (χ2n) is 2.80. The Morgan fingerprint density at radius 3 is 2.67 bits per heavy atom. The van der Waals surface area contributed by atoms with Crippen LogP contribution in [0.15, 0.2) is 0 Å². The molecule has 0 N–H and O–H groups in total. The summed E-state index contributed by atoms with van der Waals surface area (Å²) >= 11 is 4.66. The minimum atomic E-state index is -1.23. The van der Waals surface area contributed by atoms with Gasteiger partial charge in [-0.1, -0.05) is 6.92 Å². The van der Waals surface area contributed by atoms with Crippen LogP contribution in [0.4, 0.5) is 0 Å². The van der Waals surface area contributed by atoms with Crippen LogP contribution in [-0.4, -0.2) is 42.4 Å². The summed E-state index contributed by atoms with van der Waals surface area (Å²) in [4.78, 5) is 15.6. The highest BCUT2D eigenvalue weighted by Crippen LogP contribution is 2.14. The largest absolute Gasteiger partial charge is 0.619 e. The van der Waals surface area contributed by atoms with E-state index >= 15 is 0 Å². The summed E-state index contributed by atoms with van der Waals surface area (Å²) < 4.78 is 0. The van der Waals surface area contributed by atoms with Crippen LogP contribution in [0.3, 0.4) is 0 Å². The summed E-state index contributed by atoms with van der Waals surface area (Å²) in [6, 6.07) is 0. The van der Waals surface area contributed by atoms with E-state index in [1.54, 1.807) is 0 Å². The zero-order valence-electron chi connectivity index (χ0n) is 7.10. The Bertz CT molecular complexity index is 208. The maximum absolute atomic E-state index is 11.1. The molecule has 0 aromatic heterocycles. The first kappa shape index (κ1) is 10.7. The number of hydrogen-bond acceptors (Lipinski definition) is 4. The fourth-order valence-corrected chi connectivity index (χ4v) is 2.93. The molecule has 0 spiro atoms. The molecule has 0 radical (unpaired) electrons. The first-order valence-corrected chi connectivity index (χ1v) is 7.74. The van der Waals surface area contributed by atoms with Crippen molar-refractivity contribution in [2.45, 2.75) is 6.92 Å². The van der Waals surface area contributed by atoms with E-state index < -0.39 is 6.92 Å². The van der Waals surface area contributed by atoms with Gasteiger partial charge in [-0.15, -0.1) is 0 Å². The molecule has 6 heteroatoms. The van der Waals surface area contributed by atoms with Gasteiger partial charge in [0, 0.05) is 24.3 Å². The van der Waals surface area contributed by atoms with Gasteiger partial charge in [-0.05, 0) is 6.54 Å². The molecule has 70 valence electrons. The van der Waals surface area contributed by atoms with Crippen LogP contribution in [0.5, 0.6) is 0 Å². The van der Waals surface area contributed by atoms with Gasteiger partial charge < -0.3 is 4.89 Å². The first-order chi connectivity index (χ1) is 5.76. The minimum absolute atomic E-state index is 0.653. The van der Waals surface area contributed by atoms with Crippen molar-refractivity contribution in [1.29, 1.82) is 0 Å². The van der Waals surface area contributed by atoms with Crippen LogP contribution in [0.1, 0.15) is 6.92 Å². The Labute approximate surface area is 82.1 Å².